The van der Waals surface area contributed by atoms with E-state index in [1.807, 2.05) is 0 Å². The van der Waals surface area contributed by atoms with Crippen molar-refractivity contribution in [3.05, 3.63) is 0 Å². The summed E-state index contributed by atoms with van der Waals surface area (Å²) in [6, 6.07) is 0. The lowest BCUT2D eigenvalue weighted by Crippen LogP contribution is -2.29. The van der Waals surface area contributed by atoms with Gasteiger partial charge < -0.3 is 5.73 Å². The van der Waals surface area contributed by atoms with E-state index >= 15 is 0 Å². The van der Waals surface area contributed by atoms with Gasteiger partial charge >= 0.3 is 0 Å². The molecule has 0 spiro atoms. The Balaban J connectivity index is 4.09. The Bertz CT molecular complexity index is 197. The van der Waals surface area contributed by atoms with E-state index in [0.717, 1.165) is 0 Å². The second-order valence-electron chi connectivity index (χ2n) is 3.04. The summed E-state index contributed by atoms with van der Waals surface area (Å²) in [5, 5.41) is 0. The Kier molecular flexibility index (Phi) is 6.24. The molecule has 0 aromatic carbocycles. The fourth-order valence-electron chi connectivity index (χ4n) is 0.801. The first kappa shape index (κ1) is 12.8. The maximum absolute atomic E-state index is 11.4. The minimum atomic E-state index is -0.463. The van der Waals surface area contributed by atoms with E-state index in [4.69, 9.17) is 5.73 Å². The van der Waals surface area contributed by atoms with Gasteiger partial charge in [-0.1, -0.05) is 6.92 Å². The molecular formula is C8H15NO2S2. The molecule has 0 unspecified atom stereocenters. The van der Waals surface area contributed by atoms with Crippen molar-refractivity contribution in [2.75, 3.05) is 11.5 Å². The summed E-state index contributed by atoms with van der Waals surface area (Å²) < 4.78 is 0. The Morgan fingerprint density at radius 2 is 1.85 bits per heavy atom. The number of Topliss-reactive ketones (excluding diaryl/α,β-unsaturated/α-hetero) is 1. The summed E-state index contributed by atoms with van der Waals surface area (Å²) in [6.07, 6.45) is 0.181. The number of hydrogen-bond donors (Lipinski definition) is 3. The highest BCUT2D eigenvalue weighted by atomic mass is 32.1. The van der Waals surface area contributed by atoms with Crippen LogP contribution in [0.1, 0.15) is 13.3 Å². The van der Waals surface area contributed by atoms with E-state index in [2.05, 4.69) is 25.3 Å². The topological polar surface area (TPSA) is 60.2 Å². The maximum Gasteiger partial charge on any atom is 0.221 e. The molecule has 0 heterocycles. The van der Waals surface area contributed by atoms with Gasteiger partial charge in [-0.3, -0.25) is 9.59 Å². The van der Waals surface area contributed by atoms with Gasteiger partial charge in [0.05, 0.1) is 5.92 Å². The second kappa shape index (κ2) is 6.32. The molecule has 76 valence electrons. The number of rotatable bonds is 6. The van der Waals surface area contributed by atoms with Gasteiger partial charge in [0, 0.05) is 18.1 Å². The van der Waals surface area contributed by atoms with Crippen LogP contribution >= 0.6 is 25.3 Å². The molecule has 0 saturated heterocycles. The zero-order chi connectivity index (χ0) is 10.4. The Morgan fingerprint density at radius 1 is 1.31 bits per heavy atom. The normalized spacial score (nSPS) is 15.0. The van der Waals surface area contributed by atoms with Crippen molar-refractivity contribution in [1.82, 2.24) is 0 Å². The van der Waals surface area contributed by atoms with Crippen molar-refractivity contribution in [3.63, 3.8) is 0 Å². The number of primary amides is 1. The van der Waals surface area contributed by atoms with Gasteiger partial charge in [-0.15, -0.1) is 0 Å². The summed E-state index contributed by atoms with van der Waals surface area (Å²) in [6.45, 7) is 1.78. The lowest BCUT2D eigenvalue weighted by Gasteiger charge is -2.12. The highest BCUT2D eigenvalue weighted by Gasteiger charge is 2.20. The number of nitrogens with two attached hydrogens (primary N) is 1. The van der Waals surface area contributed by atoms with Crippen LogP contribution in [-0.4, -0.2) is 23.2 Å². The minimum absolute atomic E-state index is 0.0212. The molecule has 0 aliphatic heterocycles. The summed E-state index contributed by atoms with van der Waals surface area (Å²) in [5.41, 5.74) is 5.08. The second-order valence-corrected chi connectivity index (χ2v) is 3.77. The van der Waals surface area contributed by atoms with E-state index < -0.39 is 11.8 Å². The van der Waals surface area contributed by atoms with E-state index in [0.29, 0.717) is 11.5 Å². The predicted octanol–water partition coefficient (Wildman–Crippen LogP) is 0.543. The maximum atomic E-state index is 11.4. The van der Waals surface area contributed by atoms with E-state index in [9.17, 15) is 9.59 Å². The molecule has 0 aliphatic carbocycles. The van der Waals surface area contributed by atoms with Crippen LogP contribution in [0.3, 0.4) is 0 Å². The third-order valence-corrected chi connectivity index (χ3v) is 2.88. The van der Waals surface area contributed by atoms with Gasteiger partial charge in [-0.2, -0.15) is 25.3 Å². The summed E-state index contributed by atoms with van der Waals surface area (Å²) in [4.78, 5) is 22.1. The van der Waals surface area contributed by atoms with Crippen LogP contribution in [0.4, 0.5) is 0 Å². The minimum Gasteiger partial charge on any atom is -0.369 e. The molecule has 0 rings (SSSR count). The Morgan fingerprint density at radius 3 is 2.15 bits per heavy atom. The summed E-state index contributed by atoms with van der Waals surface area (Å²) >= 11 is 7.96. The lowest BCUT2D eigenvalue weighted by molar-refractivity contribution is -0.128. The number of ketones is 1. The average molecular weight is 221 g/mol. The zero-order valence-electron chi connectivity index (χ0n) is 7.56. The largest absolute Gasteiger partial charge is 0.369 e. The molecule has 0 aromatic rings. The van der Waals surface area contributed by atoms with Crippen LogP contribution in [0, 0.1) is 11.8 Å². The molecule has 1 amide bonds. The fraction of sp³-hybridized carbons (Fsp3) is 0.750. The van der Waals surface area contributed by atoms with Gasteiger partial charge in [0.1, 0.15) is 5.78 Å². The van der Waals surface area contributed by atoms with Gasteiger partial charge in [0.15, 0.2) is 0 Å². The van der Waals surface area contributed by atoms with Gasteiger partial charge in [0.25, 0.3) is 0 Å². The first-order valence-electron chi connectivity index (χ1n) is 4.06. The van der Waals surface area contributed by atoms with E-state index in [1.165, 1.54) is 0 Å². The zero-order valence-corrected chi connectivity index (χ0v) is 9.35. The third-order valence-electron chi connectivity index (χ3n) is 1.89. The lowest BCUT2D eigenvalue weighted by atomic mass is 9.97. The predicted molar refractivity (Wildman–Crippen MR) is 59.2 cm³/mol. The molecular weight excluding hydrogens is 206 g/mol. The van der Waals surface area contributed by atoms with Crippen molar-refractivity contribution in [2.45, 2.75) is 13.3 Å². The van der Waals surface area contributed by atoms with Crippen LogP contribution in [0.15, 0.2) is 0 Å². The third kappa shape index (κ3) is 4.57. The van der Waals surface area contributed by atoms with Crippen LogP contribution < -0.4 is 5.73 Å². The first-order chi connectivity index (χ1) is 6.02. The van der Waals surface area contributed by atoms with Crippen LogP contribution in [0.5, 0.6) is 0 Å². The first-order valence-corrected chi connectivity index (χ1v) is 5.33. The van der Waals surface area contributed by atoms with Crippen molar-refractivity contribution in [1.29, 1.82) is 0 Å². The number of carbonyl (C=O) groups is 2. The molecule has 0 bridgehead atoms. The molecule has 2 N–H and O–H groups in total. The molecule has 0 fully saturated rings. The molecule has 2 atom stereocenters. The quantitative estimate of drug-likeness (QED) is 0.573. The smallest absolute Gasteiger partial charge is 0.221 e. The van der Waals surface area contributed by atoms with Crippen LogP contribution in [0.2, 0.25) is 0 Å². The molecule has 0 saturated carbocycles. The molecule has 13 heavy (non-hydrogen) atoms. The van der Waals surface area contributed by atoms with Crippen LogP contribution in [-0.2, 0) is 9.59 Å². The summed E-state index contributed by atoms with van der Waals surface area (Å²) in [7, 11) is 0. The SMILES string of the molecule is C[C@H](CS)C(=O)C[C@H](CS)C(N)=O. The molecule has 0 radical (unpaired) electrons. The standard InChI is InChI=1S/C8H15NO2S2/c1-5(3-12)7(10)2-6(4-13)8(9)11/h5-6,12-13H,2-4H2,1H3,(H2,9,11)/t5-,6-/m1/s1. The fourth-order valence-corrected chi connectivity index (χ4v) is 1.31. The monoisotopic (exact) mass is 221 g/mol. The average Bonchev–Trinajstić information content (AvgIpc) is 2.11. The number of carbonyl (C=O) groups excluding carboxylic acids is 2. The van der Waals surface area contributed by atoms with E-state index in [1.54, 1.807) is 6.92 Å². The van der Waals surface area contributed by atoms with E-state index in [-0.39, 0.29) is 18.1 Å². The highest BCUT2D eigenvalue weighted by molar-refractivity contribution is 7.80. The van der Waals surface area contributed by atoms with Crippen LogP contribution in [0.25, 0.3) is 0 Å². The Hall–Kier alpha value is -0.160. The van der Waals surface area contributed by atoms with Crippen molar-refractivity contribution in [3.8, 4) is 0 Å². The van der Waals surface area contributed by atoms with Gasteiger partial charge in [-0.05, 0) is 5.75 Å². The van der Waals surface area contributed by atoms with Crippen molar-refractivity contribution < 1.29 is 9.59 Å². The number of hydrogen-bond acceptors (Lipinski definition) is 4. The van der Waals surface area contributed by atoms with Gasteiger partial charge in [-0.25, -0.2) is 0 Å². The van der Waals surface area contributed by atoms with Crippen molar-refractivity contribution in [2.24, 2.45) is 17.6 Å². The Labute approximate surface area is 89.3 Å². The molecule has 0 aromatic heterocycles. The summed E-state index contributed by atoms with van der Waals surface area (Å²) in [5.74, 6) is -0.192. The van der Waals surface area contributed by atoms with Gasteiger partial charge in [0.2, 0.25) is 5.91 Å². The molecule has 3 nitrogen and oxygen atoms in total. The van der Waals surface area contributed by atoms with Crippen molar-refractivity contribution >= 4 is 36.9 Å². The highest BCUT2D eigenvalue weighted by Crippen LogP contribution is 2.11. The molecule has 5 heteroatoms. The molecule has 0 aliphatic rings. The number of amides is 1. The number of thiol groups is 2.